The molecule has 31 heavy (non-hydrogen) atoms. The molecular formula is C27H46P2Si2. The van der Waals surface area contributed by atoms with Gasteiger partial charge < -0.3 is 0 Å². The Morgan fingerprint density at radius 2 is 0.871 bits per heavy atom. The van der Waals surface area contributed by atoms with Gasteiger partial charge in [0.2, 0.25) is 0 Å². The molecule has 0 spiro atoms. The lowest BCUT2D eigenvalue weighted by atomic mass is 10.2. The third-order valence-corrected chi connectivity index (χ3v) is 33.3. The highest BCUT2D eigenvalue weighted by Gasteiger charge is 2.51. The Kier molecular flexibility index (Phi) is 7.88. The number of hydrogen-bond acceptors (Lipinski definition) is 0. The van der Waals surface area contributed by atoms with Crippen LogP contribution in [-0.2, 0) is 0 Å². The molecule has 172 valence electrons. The van der Waals surface area contributed by atoms with Crippen molar-refractivity contribution in [2.75, 3.05) is 0 Å². The van der Waals surface area contributed by atoms with Crippen LogP contribution in [0, 0.1) is 0 Å². The highest BCUT2D eigenvalue weighted by Crippen LogP contribution is 2.86. The quantitative estimate of drug-likeness (QED) is 0.292. The highest BCUT2D eigenvalue weighted by atomic mass is 32.1. The molecule has 0 N–H and O–H groups in total. The normalized spacial score (nSPS) is 14.1. The Bertz CT molecular complexity index is 846. The average molecular weight is 489 g/mol. The molecule has 0 aliphatic heterocycles. The van der Waals surface area contributed by atoms with Crippen LogP contribution in [0.4, 0.5) is 0 Å². The largest absolute Gasteiger partial charge is 0.0814 e. The number of hydrogen-bond donors (Lipinski definition) is 0. The molecule has 2 aromatic rings. The van der Waals surface area contributed by atoms with Crippen molar-refractivity contribution >= 4 is 45.5 Å². The summed E-state index contributed by atoms with van der Waals surface area (Å²) in [6.45, 7) is 29.1. The van der Waals surface area contributed by atoms with Crippen LogP contribution in [0.1, 0.15) is 41.5 Å². The summed E-state index contributed by atoms with van der Waals surface area (Å²) in [6.07, 6.45) is 0. The van der Waals surface area contributed by atoms with Crippen molar-refractivity contribution in [3.05, 3.63) is 60.7 Å². The van der Waals surface area contributed by atoms with E-state index in [1.165, 1.54) is 0 Å². The summed E-state index contributed by atoms with van der Waals surface area (Å²) in [7, 11) is -3.57. The van der Waals surface area contributed by atoms with Gasteiger partial charge in [-0.3, -0.25) is 0 Å². The molecule has 0 amide bonds. The van der Waals surface area contributed by atoms with E-state index in [-0.39, 0.29) is 17.9 Å². The fraction of sp³-hybridized carbons (Fsp3) is 0.519. The Labute approximate surface area is 196 Å². The number of benzene rings is 2. The topological polar surface area (TPSA) is 0 Å². The number of rotatable bonds is 5. The third kappa shape index (κ3) is 5.58. The molecular weight excluding hydrogens is 442 g/mol. The van der Waals surface area contributed by atoms with Gasteiger partial charge in [0, 0.05) is 0 Å². The maximum Gasteiger partial charge on any atom is 0.0695 e. The van der Waals surface area contributed by atoms with Crippen molar-refractivity contribution in [3.8, 4) is 0 Å². The zero-order chi connectivity index (χ0) is 23.9. The van der Waals surface area contributed by atoms with E-state index in [2.05, 4.69) is 141 Å². The third-order valence-electron chi connectivity index (χ3n) is 5.57. The minimum absolute atomic E-state index is 0.248. The summed E-state index contributed by atoms with van der Waals surface area (Å²) >= 11 is 0. The first-order valence-corrected chi connectivity index (χ1v) is 22.5. The second kappa shape index (κ2) is 9.10. The van der Waals surface area contributed by atoms with E-state index in [0.29, 0.717) is 0 Å². The molecule has 0 bridgehead atoms. The maximum absolute atomic E-state index is 2.63. The van der Waals surface area contributed by atoms with Crippen molar-refractivity contribution < 1.29 is 0 Å². The molecule has 0 atom stereocenters. The summed E-state index contributed by atoms with van der Waals surface area (Å²) in [4.78, 5) is 0. The van der Waals surface area contributed by atoms with Gasteiger partial charge in [0.1, 0.15) is 0 Å². The molecule has 0 heterocycles. The van der Waals surface area contributed by atoms with Crippen LogP contribution in [0.5, 0.6) is 0 Å². The fourth-order valence-electron chi connectivity index (χ4n) is 6.03. The lowest BCUT2D eigenvalue weighted by Crippen LogP contribution is -2.53. The van der Waals surface area contributed by atoms with Gasteiger partial charge in [-0.2, -0.15) is 0 Å². The predicted octanol–water partition coefficient (Wildman–Crippen LogP) is 8.58. The Morgan fingerprint density at radius 3 is 1.10 bits per heavy atom. The van der Waals surface area contributed by atoms with E-state index in [9.17, 15) is 0 Å². The van der Waals surface area contributed by atoms with E-state index in [1.807, 2.05) is 4.54 Å². The second-order valence-electron chi connectivity index (χ2n) is 12.8. The van der Waals surface area contributed by atoms with Gasteiger partial charge in [-0.15, -0.1) is 0 Å². The predicted molar refractivity (Wildman–Crippen MR) is 157 cm³/mol. The van der Waals surface area contributed by atoms with E-state index < -0.39 is 22.7 Å². The first-order chi connectivity index (χ1) is 13.9. The SMILES string of the molecule is CC(C)(C)P(C(C)(C)C)P(=C([Si](C)(C)C)[Si](C)(C)C)(c1ccccc1)c1ccccc1. The molecule has 4 heteroatoms. The molecule has 0 aromatic heterocycles. The van der Waals surface area contributed by atoms with Gasteiger partial charge in [0.05, 0.1) is 16.1 Å². The molecule has 2 aromatic carbocycles. The Morgan fingerprint density at radius 1 is 0.581 bits per heavy atom. The van der Waals surface area contributed by atoms with E-state index in [0.717, 1.165) is 0 Å². The highest BCUT2D eigenvalue weighted by molar-refractivity contribution is 8.47. The van der Waals surface area contributed by atoms with Crippen LogP contribution in [-0.4, -0.2) is 31.0 Å². The fourth-order valence-corrected chi connectivity index (χ4v) is 46.2. The molecule has 0 aliphatic carbocycles. The van der Waals surface area contributed by atoms with Crippen molar-refractivity contribution in [1.29, 1.82) is 0 Å². The molecule has 0 aliphatic rings. The lowest BCUT2D eigenvalue weighted by Gasteiger charge is -2.55. The van der Waals surface area contributed by atoms with Crippen LogP contribution in [0.2, 0.25) is 39.3 Å². The maximum atomic E-state index is 2.63. The van der Waals surface area contributed by atoms with Crippen LogP contribution < -0.4 is 10.6 Å². The monoisotopic (exact) mass is 488 g/mol. The van der Waals surface area contributed by atoms with Gasteiger partial charge >= 0.3 is 0 Å². The Hall–Kier alpha value is -0.396. The summed E-state index contributed by atoms with van der Waals surface area (Å²) in [5, 5.41) is 3.74. The zero-order valence-electron chi connectivity index (χ0n) is 22.2. The van der Waals surface area contributed by atoms with Gasteiger partial charge in [-0.25, -0.2) is 0 Å². The molecule has 0 fully saturated rings. The van der Waals surface area contributed by atoms with E-state index in [1.54, 1.807) is 10.6 Å². The summed E-state index contributed by atoms with van der Waals surface area (Å²) < 4.78 is 2.03. The van der Waals surface area contributed by atoms with Gasteiger partial charge in [-0.1, -0.05) is 154 Å². The van der Waals surface area contributed by atoms with Crippen molar-refractivity contribution in [2.24, 2.45) is 0 Å². The first-order valence-electron chi connectivity index (χ1n) is 11.6. The lowest BCUT2D eigenvalue weighted by molar-refractivity contribution is 0.720. The summed E-state index contributed by atoms with van der Waals surface area (Å²) in [6, 6.07) is 23.5. The van der Waals surface area contributed by atoms with Gasteiger partial charge in [0.15, 0.2) is 0 Å². The minimum Gasteiger partial charge on any atom is -0.0814 e. The second-order valence-corrected chi connectivity index (χ2v) is 33.2. The average Bonchev–Trinajstić information content (AvgIpc) is 2.57. The molecule has 0 saturated heterocycles. The molecule has 2 rings (SSSR count). The standard InChI is InChI=1S/C27H46P2Si2/c1-26(2,3)28(27(4,5)6)29(23-19-15-13-16-20-23,24-21-17-14-18-22-24)25(30(7,8)9)31(10,11)12/h13-22H,1-12H3. The van der Waals surface area contributed by atoms with E-state index >= 15 is 0 Å². The van der Waals surface area contributed by atoms with Crippen molar-refractivity contribution in [2.45, 2.75) is 91.1 Å². The molecule has 0 radical (unpaired) electrons. The van der Waals surface area contributed by atoms with Crippen LogP contribution >= 0.6 is 14.2 Å². The van der Waals surface area contributed by atoms with Crippen LogP contribution in [0.3, 0.4) is 0 Å². The van der Waals surface area contributed by atoms with Crippen LogP contribution in [0.15, 0.2) is 60.7 Å². The van der Waals surface area contributed by atoms with Gasteiger partial charge in [-0.05, 0) is 27.5 Å². The summed E-state index contributed by atoms with van der Waals surface area (Å²) in [5.74, 6) is 0. The molecule has 0 unspecified atom stereocenters. The summed E-state index contributed by atoms with van der Waals surface area (Å²) in [5.41, 5.74) is 0. The van der Waals surface area contributed by atoms with Crippen LogP contribution in [0.25, 0.3) is 0 Å². The van der Waals surface area contributed by atoms with Gasteiger partial charge in [0.25, 0.3) is 0 Å². The Balaban J connectivity index is 3.42. The molecule has 0 nitrogen and oxygen atoms in total. The zero-order valence-corrected chi connectivity index (χ0v) is 26.0. The van der Waals surface area contributed by atoms with Crippen molar-refractivity contribution in [3.63, 3.8) is 0 Å². The first kappa shape index (κ1) is 26.9. The minimum atomic E-state index is -1.80. The van der Waals surface area contributed by atoms with Crippen molar-refractivity contribution in [1.82, 2.24) is 0 Å². The smallest absolute Gasteiger partial charge is 0.0695 e. The van der Waals surface area contributed by atoms with E-state index in [4.69, 9.17) is 0 Å². The molecule has 0 saturated carbocycles.